The highest BCUT2D eigenvalue weighted by molar-refractivity contribution is 14.0. The van der Waals surface area contributed by atoms with E-state index < -0.39 is 0 Å². The third-order valence-corrected chi connectivity index (χ3v) is 3.85. The Kier molecular flexibility index (Phi) is 6.64. The molecule has 0 saturated carbocycles. The second kappa shape index (κ2) is 8.71. The van der Waals surface area contributed by atoms with Crippen molar-refractivity contribution >= 4 is 41.4 Å². The van der Waals surface area contributed by atoms with Crippen LogP contribution in [0.3, 0.4) is 0 Å². The second-order valence-corrected chi connectivity index (χ2v) is 5.50. The summed E-state index contributed by atoms with van der Waals surface area (Å²) < 4.78 is 0. The number of hydrogen-bond donors (Lipinski definition) is 2. The van der Waals surface area contributed by atoms with E-state index in [-0.39, 0.29) is 24.0 Å². The number of pyridine rings is 1. The van der Waals surface area contributed by atoms with Gasteiger partial charge in [-0.25, -0.2) is 4.98 Å². The largest absolute Gasteiger partial charge is 0.371 e. The summed E-state index contributed by atoms with van der Waals surface area (Å²) in [6.45, 7) is 2.86. The van der Waals surface area contributed by atoms with Crippen molar-refractivity contribution in [3.8, 4) is 0 Å². The van der Waals surface area contributed by atoms with E-state index >= 15 is 0 Å². The highest BCUT2D eigenvalue weighted by Gasteiger charge is 2.22. The van der Waals surface area contributed by atoms with Crippen LogP contribution in [0, 0.1) is 5.92 Å². The lowest BCUT2D eigenvalue weighted by Crippen LogP contribution is -2.25. The van der Waals surface area contributed by atoms with Gasteiger partial charge in [-0.05, 0) is 36.6 Å². The first kappa shape index (κ1) is 17.5. The van der Waals surface area contributed by atoms with Gasteiger partial charge in [0.2, 0.25) is 0 Å². The number of anilines is 2. The van der Waals surface area contributed by atoms with E-state index in [1.165, 1.54) is 5.69 Å². The number of benzene rings is 1. The van der Waals surface area contributed by atoms with E-state index in [0.717, 1.165) is 31.9 Å². The molecule has 122 valence electrons. The van der Waals surface area contributed by atoms with E-state index in [4.69, 9.17) is 5.73 Å². The average molecular weight is 423 g/mol. The lowest BCUT2D eigenvalue weighted by atomic mass is 10.1. The van der Waals surface area contributed by atoms with E-state index in [9.17, 15) is 0 Å². The fourth-order valence-electron chi connectivity index (χ4n) is 2.69. The zero-order valence-corrected chi connectivity index (χ0v) is 15.3. The first-order chi connectivity index (χ1) is 10.8. The van der Waals surface area contributed by atoms with Gasteiger partial charge >= 0.3 is 0 Å². The summed E-state index contributed by atoms with van der Waals surface area (Å²) in [5.41, 5.74) is 7.20. The van der Waals surface area contributed by atoms with Crippen LogP contribution in [0.4, 0.5) is 11.5 Å². The summed E-state index contributed by atoms with van der Waals surface area (Å²) in [5, 5.41) is 3.01. The molecule has 23 heavy (non-hydrogen) atoms. The van der Waals surface area contributed by atoms with Gasteiger partial charge in [0.05, 0.1) is 0 Å². The zero-order valence-electron chi connectivity index (χ0n) is 12.9. The van der Waals surface area contributed by atoms with Crippen molar-refractivity contribution in [2.75, 3.05) is 29.9 Å². The van der Waals surface area contributed by atoms with Crippen molar-refractivity contribution in [1.29, 1.82) is 0 Å². The zero-order chi connectivity index (χ0) is 15.2. The summed E-state index contributed by atoms with van der Waals surface area (Å²) in [6, 6.07) is 16.2. The molecule has 1 aromatic heterocycles. The molecular weight excluding hydrogens is 401 g/mol. The maximum Gasteiger partial charge on any atom is 0.194 e. The smallest absolute Gasteiger partial charge is 0.194 e. The fraction of sp³-hybridized carbons (Fsp3) is 0.294. The molecule has 1 aliphatic heterocycles. The number of para-hydroxylation sites is 1. The minimum absolute atomic E-state index is 0. The predicted octanol–water partition coefficient (Wildman–Crippen LogP) is 2.95. The van der Waals surface area contributed by atoms with Crippen LogP contribution in [0.1, 0.15) is 6.42 Å². The van der Waals surface area contributed by atoms with Gasteiger partial charge in [0.15, 0.2) is 5.96 Å². The van der Waals surface area contributed by atoms with Gasteiger partial charge in [0.25, 0.3) is 0 Å². The first-order valence-electron chi connectivity index (χ1n) is 7.59. The maximum absolute atomic E-state index is 5.91. The van der Waals surface area contributed by atoms with E-state index in [1.54, 1.807) is 6.20 Å². The quantitative estimate of drug-likeness (QED) is 0.451. The Balaban J connectivity index is 0.00000192. The number of rotatable bonds is 4. The molecule has 0 spiro atoms. The Morgan fingerprint density at radius 3 is 2.74 bits per heavy atom. The van der Waals surface area contributed by atoms with Crippen LogP contribution in [0.15, 0.2) is 59.7 Å². The van der Waals surface area contributed by atoms with Crippen molar-refractivity contribution in [3.63, 3.8) is 0 Å². The Labute approximate surface area is 154 Å². The molecule has 0 aliphatic carbocycles. The van der Waals surface area contributed by atoms with Gasteiger partial charge in [-0.2, -0.15) is 0 Å². The van der Waals surface area contributed by atoms with Crippen molar-refractivity contribution in [1.82, 2.24) is 4.98 Å². The third-order valence-electron chi connectivity index (χ3n) is 3.85. The van der Waals surface area contributed by atoms with Gasteiger partial charge in [-0.15, -0.1) is 24.0 Å². The number of halogens is 1. The molecule has 3 N–H and O–H groups in total. The molecular formula is C17H22IN5. The molecule has 0 radical (unpaired) electrons. The lowest BCUT2D eigenvalue weighted by molar-refractivity contribution is 0.603. The number of aromatic nitrogens is 1. The van der Waals surface area contributed by atoms with Gasteiger partial charge < -0.3 is 16.0 Å². The molecule has 0 bridgehead atoms. The van der Waals surface area contributed by atoms with Crippen LogP contribution in [-0.4, -0.2) is 30.6 Å². The molecule has 1 unspecified atom stereocenters. The lowest BCUT2D eigenvalue weighted by Gasteiger charge is -2.18. The average Bonchev–Trinajstić information content (AvgIpc) is 3.04. The molecule has 0 amide bonds. The van der Waals surface area contributed by atoms with Crippen LogP contribution in [0.25, 0.3) is 0 Å². The Morgan fingerprint density at radius 2 is 2.00 bits per heavy atom. The first-order valence-corrected chi connectivity index (χ1v) is 7.59. The molecule has 1 saturated heterocycles. The minimum Gasteiger partial charge on any atom is -0.371 e. The second-order valence-electron chi connectivity index (χ2n) is 5.50. The van der Waals surface area contributed by atoms with Gasteiger partial charge in [0.1, 0.15) is 5.82 Å². The number of nitrogens with zero attached hydrogens (tertiary/aromatic N) is 3. The standard InChI is InChI=1S/C17H21N5.HI/c18-17(21-16-8-4-5-10-19-16)20-12-14-9-11-22(13-14)15-6-2-1-3-7-15;/h1-8,10,14H,9,11-13H2,(H3,18,19,20,21);1H. The number of hydrogen-bond acceptors (Lipinski definition) is 3. The number of guanidine groups is 1. The summed E-state index contributed by atoms with van der Waals surface area (Å²) in [7, 11) is 0. The van der Waals surface area contributed by atoms with Crippen LogP contribution in [0.2, 0.25) is 0 Å². The van der Waals surface area contributed by atoms with Crippen LogP contribution in [0.5, 0.6) is 0 Å². The molecule has 2 heterocycles. The Morgan fingerprint density at radius 1 is 1.22 bits per heavy atom. The summed E-state index contributed by atoms with van der Waals surface area (Å²) in [4.78, 5) is 11.0. The minimum atomic E-state index is 0. The Hall–Kier alpha value is -1.83. The van der Waals surface area contributed by atoms with E-state index in [0.29, 0.717) is 11.9 Å². The highest BCUT2D eigenvalue weighted by Crippen LogP contribution is 2.23. The molecule has 5 nitrogen and oxygen atoms in total. The number of nitrogens with two attached hydrogens (primary N) is 1. The molecule has 1 atom stereocenters. The summed E-state index contributed by atoms with van der Waals surface area (Å²) in [5.74, 6) is 1.70. The van der Waals surface area contributed by atoms with Crippen LogP contribution < -0.4 is 16.0 Å². The molecule has 1 aliphatic rings. The van der Waals surface area contributed by atoms with Gasteiger partial charge in [-0.3, -0.25) is 4.99 Å². The van der Waals surface area contributed by atoms with Crippen LogP contribution >= 0.6 is 24.0 Å². The van der Waals surface area contributed by atoms with Crippen molar-refractivity contribution in [2.45, 2.75) is 6.42 Å². The number of nitrogens with one attached hydrogen (secondary N) is 1. The molecule has 2 aromatic rings. The maximum atomic E-state index is 5.91. The highest BCUT2D eigenvalue weighted by atomic mass is 127. The van der Waals surface area contributed by atoms with Crippen molar-refractivity contribution < 1.29 is 0 Å². The van der Waals surface area contributed by atoms with E-state index in [1.807, 2.05) is 24.3 Å². The van der Waals surface area contributed by atoms with E-state index in [2.05, 4.69) is 44.5 Å². The SMILES string of the molecule is I.NC(=NCC1CCN(c2ccccc2)C1)Nc1ccccn1. The van der Waals surface area contributed by atoms with Gasteiger partial charge in [-0.1, -0.05) is 24.3 Å². The Bertz CT molecular complexity index is 617. The third kappa shape index (κ3) is 5.09. The van der Waals surface area contributed by atoms with Crippen molar-refractivity contribution in [2.24, 2.45) is 16.6 Å². The molecule has 1 fully saturated rings. The molecule has 3 rings (SSSR count). The predicted molar refractivity (Wildman–Crippen MR) is 107 cm³/mol. The van der Waals surface area contributed by atoms with Crippen LogP contribution in [-0.2, 0) is 0 Å². The van der Waals surface area contributed by atoms with Crippen molar-refractivity contribution in [3.05, 3.63) is 54.7 Å². The monoisotopic (exact) mass is 423 g/mol. The van der Waals surface area contributed by atoms with Gasteiger partial charge in [0, 0.05) is 31.5 Å². The normalized spacial score (nSPS) is 17.7. The molecule has 6 heteroatoms. The summed E-state index contributed by atoms with van der Waals surface area (Å²) in [6.07, 6.45) is 2.87. The number of aliphatic imine (C=N–C) groups is 1. The topological polar surface area (TPSA) is 66.5 Å². The molecule has 1 aromatic carbocycles. The fourth-order valence-corrected chi connectivity index (χ4v) is 2.69. The summed E-state index contributed by atoms with van der Waals surface area (Å²) >= 11 is 0.